The van der Waals surface area contributed by atoms with Gasteiger partial charge >= 0.3 is 0 Å². The van der Waals surface area contributed by atoms with Crippen LogP contribution in [0.25, 0.3) is 10.9 Å². The van der Waals surface area contributed by atoms with E-state index < -0.39 is 0 Å². The summed E-state index contributed by atoms with van der Waals surface area (Å²) in [6.07, 6.45) is 2.18. The van der Waals surface area contributed by atoms with Crippen LogP contribution in [0.15, 0.2) is 24.3 Å². The summed E-state index contributed by atoms with van der Waals surface area (Å²) in [6, 6.07) is 9.06. The van der Waals surface area contributed by atoms with Gasteiger partial charge < -0.3 is 5.32 Å². The molecule has 20 heavy (non-hydrogen) atoms. The Morgan fingerprint density at radius 1 is 1.20 bits per heavy atom. The van der Waals surface area contributed by atoms with E-state index in [4.69, 9.17) is 5.10 Å². The van der Waals surface area contributed by atoms with Crippen molar-refractivity contribution in [1.29, 1.82) is 0 Å². The first kappa shape index (κ1) is 15.0. The lowest BCUT2D eigenvalue weighted by atomic mass is 9.97. The fourth-order valence-electron chi connectivity index (χ4n) is 2.67. The molecular weight excluding hydrogens is 246 g/mol. The van der Waals surface area contributed by atoms with Crippen LogP contribution in [0.1, 0.15) is 39.8 Å². The fraction of sp³-hybridized carbons (Fsp3) is 0.588. The first-order valence-corrected chi connectivity index (χ1v) is 7.85. The number of hydrogen-bond acceptors (Lipinski definition) is 2. The number of rotatable bonds is 7. The second-order valence-electron chi connectivity index (χ2n) is 5.79. The molecule has 2 rings (SSSR count). The molecule has 1 N–H and O–H groups in total. The molecule has 0 aliphatic rings. The van der Waals surface area contributed by atoms with Crippen molar-refractivity contribution in [3.8, 4) is 0 Å². The largest absolute Gasteiger partial charge is 0.313 e. The lowest BCUT2D eigenvalue weighted by Crippen LogP contribution is -2.36. The van der Waals surface area contributed by atoms with Crippen LogP contribution in [-0.2, 0) is 13.0 Å². The van der Waals surface area contributed by atoms with Crippen LogP contribution in [0.5, 0.6) is 0 Å². The first-order valence-electron chi connectivity index (χ1n) is 7.85. The molecule has 0 spiro atoms. The van der Waals surface area contributed by atoms with E-state index in [1.165, 1.54) is 23.0 Å². The van der Waals surface area contributed by atoms with E-state index >= 15 is 0 Å². The summed E-state index contributed by atoms with van der Waals surface area (Å²) in [5.74, 6) is 0.618. The molecule has 0 saturated carbocycles. The van der Waals surface area contributed by atoms with Crippen molar-refractivity contribution in [1.82, 2.24) is 15.1 Å². The van der Waals surface area contributed by atoms with Gasteiger partial charge in [0, 0.05) is 24.4 Å². The van der Waals surface area contributed by atoms with Gasteiger partial charge in [0.25, 0.3) is 0 Å². The normalized spacial score (nSPS) is 13.2. The Morgan fingerprint density at radius 3 is 2.60 bits per heavy atom. The van der Waals surface area contributed by atoms with Crippen molar-refractivity contribution in [2.75, 3.05) is 6.54 Å². The van der Waals surface area contributed by atoms with Crippen molar-refractivity contribution in [2.45, 2.75) is 53.1 Å². The van der Waals surface area contributed by atoms with Gasteiger partial charge in [0.05, 0.1) is 11.2 Å². The number of hydrogen-bond donors (Lipinski definition) is 1. The van der Waals surface area contributed by atoms with Crippen molar-refractivity contribution in [2.24, 2.45) is 5.92 Å². The first-order chi connectivity index (χ1) is 9.67. The summed E-state index contributed by atoms with van der Waals surface area (Å²) >= 11 is 0. The van der Waals surface area contributed by atoms with Crippen LogP contribution >= 0.6 is 0 Å². The molecule has 3 heteroatoms. The van der Waals surface area contributed by atoms with Crippen LogP contribution in [0.4, 0.5) is 0 Å². The number of aryl methyl sites for hydroxylation is 1. The molecule has 1 unspecified atom stereocenters. The molecule has 0 fully saturated rings. The van der Waals surface area contributed by atoms with Crippen LogP contribution < -0.4 is 5.32 Å². The highest BCUT2D eigenvalue weighted by Crippen LogP contribution is 2.21. The molecule has 0 amide bonds. The molecule has 3 nitrogen and oxygen atoms in total. The molecule has 1 aromatic heterocycles. The Balaban J connectivity index is 2.27. The molecule has 0 radical (unpaired) electrons. The number of nitrogens with one attached hydrogen (secondary N) is 1. The van der Waals surface area contributed by atoms with Crippen molar-refractivity contribution in [3.05, 3.63) is 30.0 Å². The zero-order chi connectivity index (χ0) is 14.5. The van der Waals surface area contributed by atoms with Gasteiger partial charge in [-0.2, -0.15) is 5.10 Å². The van der Waals surface area contributed by atoms with Gasteiger partial charge in [-0.15, -0.1) is 0 Å². The number of nitrogens with zero attached hydrogens (tertiary/aromatic N) is 2. The molecular formula is C17H27N3. The van der Waals surface area contributed by atoms with Gasteiger partial charge in [0.1, 0.15) is 0 Å². The van der Waals surface area contributed by atoms with E-state index in [0.717, 1.165) is 19.5 Å². The van der Waals surface area contributed by atoms with Gasteiger partial charge in [-0.3, -0.25) is 4.68 Å². The summed E-state index contributed by atoms with van der Waals surface area (Å²) in [6.45, 7) is 10.9. The Morgan fingerprint density at radius 2 is 1.95 bits per heavy atom. The van der Waals surface area contributed by atoms with Crippen molar-refractivity contribution < 1.29 is 0 Å². The Kier molecular flexibility index (Phi) is 5.18. The van der Waals surface area contributed by atoms with E-state index in [1.54, 1.807) is 0 Å². The number of aromatic nitrogens is 2. The fourth-order valence-corrected chi connectivity index (χ4v) is 2.67. The summed E-state index contributed by atoms with van der Waals surface area (Å²) in [5, 5.41) is 9.78. The van der Waals surface area contributed by atoms with E-state index in [9.17, 15) is 0 Å². The zero-order valence-corrected chi connectivity index (χ0v) is 13.2. The molecule has 0 saturated heterocycles. The predicted octanol–water partition coefficient (Wildman–Crippen LogP) is 3.62. The molecule has 110 valence electrons. The molecule has 0 aliphatic carbocycles. The number of benzene rings is 1. The van der Waals surface area contributed by atoms with Crippen molar-refractivity contribution >= 4 is 10.9 Å². The molecule has 0 bridgehead atoms. The second-order valence-corrected chi connectivity index (χ2v) is 5.79. The lowest BCUT2D eigenvalue weighted by molar-refractivity contribution is 0.394. The minimum Gasteiger partial charge on any atom is -0.313 e. The standard InChI is InChI=1S/C17H27N3/c1-5-11-18-15(13(3)4)12-16-14-9-7-8-10-17(14)20(6-2)19-16/h7-10,13,15,18H,5-6,11-12H2,1-4H3. The highest BCUT2D eigenvalue weighted by Gasteiger charge is 2.17. The summed E-state index contributed by atoms with van der Waals surface area (Å²) in [7, 11) is 0. The lowest BCUT2D eigenvalue weighted by Gasteiger charge is -2.21. The third-order valence-electron chi connectivity index (χ3n) is 3.91. The van der Waals surface area contributed by atoms with Gasteiger partial charge in [0.2, 0.25) is 0 Å². The third kappa shape index (κ3) is 3.21. The number of fused-ring (bicyclic) bond motifs is 1. The summed E-state index contributed by atoms with van der Waals surface area (Å²) < 4.78 is 2.11. The second kappa shape index (κ2) is 6.89. The third-order valence-corrected chi connectivity index (χ3v) is 3.91. The van der Waals surface area contributed by atoms with Crippen LogP contribution in [0, 0.1) is 5.92 Å². The van der Waals surface area contributed by atoms with Gasteiger partial charge in [-0.05, 0) is 31.9 Å². The van der Waals surface area contributed by atoms with Gasteiger partial charge in [-0.1, -0.05) is 39.0 Å². The van der Waals surface area contributed by atoms with E-state index in [-0.39, 0.29) is 0 Å². The van der Waals surface area contributed by atoms with E-state index in [2.05, 4.69) is 62.0 Å². The van der Waals surface area contributed by atoms with Crippen LogP contribution in [-0.4, -0.2) is 22.4 Å². The van der Waals surface area contributed by atoms with Crippen LogP contribution in [0.2, 0.25) is 0 Å². The maximum absolute atomic E-state index is 4.81. The Labute approximate surface area is 122 Å². The minimum absolute atomic E-state index is 0.499. The average Bonchev–Trinajstić information content (AvgIpc) is 2.81. The molecule has 1 aromatic carbocycles. The summed E-state index contributed by atoms with van der Waals surface area (Å²) in [4.78, 5) is 0. The van der Waals surface area contributed by atoms with E-state index in [1.807, 2.05) is 0 Å². The zero-order valence-electron chi connectivity index (χ0n) is 13.2. The number of para-hydroxylation sites is 1. The Hall–Kier alpha value is -1.35. The van der Waals surface area contributed by atoms with Gasteiger partial charge in [0.15, 0.2) is 0 Å². The molecule has 1 heterocycles. The molecule has 1 atom stereocenters. The topological polar surface area (TPSA) is 29.9 Å². The minimum atomic E-state index is 0.499. The highest BCUT2D eigenvalue weighted by molar-refractivity contribution is 5.82. The molecule has 0 aliphatic heterocycles. The average molecular weight is 273 g/mol. The quantitative estimate of drug-likeness (QED) is 0.835. The highest BCUT2D eigenvalue weighted by atomic mass is 15.3. The molecule has 2 aromatic rings. The smallest absolute Gasteiger partial charge is 0.0718 e. The maximum Gasteiger partial charge on any atom is 0.0718 e. The Bertz CT molecular complexity index is 542. The monoisotopic (exact) mass is 273 g/mol. The SMILES string of the molecule is CCCNC(Cc1nn(CC)c2ccccc12)C(C)C. The predicted molar refractivity (Wildman–Crippen MR) is 86.0 cm³/mol. The van der Waals surface area contributed by atoms with Crippen LogP contribution in [0.3, 0.4) is 0 Å². The van der Waals surface area contributed by atoms with Gasteiger partial charge in [-0.25, -0.2) is 0 Å². The maximum atomic E-state index is 4.81. The van der Waals surface area contributed by atoms with E-state index in [0.29, 0.717) is 12.0 Å². The van der Waals surface area contributed by atoms with Crippen molar-refractivity contribution in [3.63, 3.8) is 0 Å². The summed E-state index contributed by atoms with van der Waals surface area (Å²) in [5.41, 5.74) is 2.48.